The van der Waals surface area contributed by atoms with Gasteiger partial charge in [0.1, 0.15) is 11.7 Å². The molecule has 2 amide bonds. The smallest absolute Gasteiger partial charge is 0.266 e. The van der Waals surface area contributed by atoms with Crippen molar-refractivity contribution in [3.63, 3.8) is 0 Å². The number of carbonyl (C=O) groups excluding carboxylic acids is 2. The molecule has 0 spiro atoms. The van der Waals surface area contributed by atoms with Gasteiger partial charge in [0.15, 0.2) is 6.10 Å². The first-order valence-electron chi connectivity index (χ1n) is 10.2. The van der Waals surface area contributed by atoms with Crippen molar-refractivity contribution in [1.82, 2.24) is 0 Å². The quantitative estimate of drug-likeness (QED) is 0.590. The Kier molecular flexibility index (Phi) is 4.59. The predicted octanol–water partition coefficient (Wildman–Crippen LogP) is 4.49. The summed E-state index contributed by atoms with van der Waals surface area (Å²) < 4.78 is 13.4. The van der Waals surface area contributed by atoms with Crippen LogP contribution in [0.3, 0.4) is 0 Å². The number of amides is 2. The molecule has 0 bridgehead atoms. The number of nitrogens with zero attached hydrogens (tertiary/aromatic N) is 2. The van der Waals surface area contributed by atoms with E-state index in [0.29, 0.717) is 5.69 Å². The second-order valence-electron chi connectivity index (χ2n) is 8.01. The number of fused-ring (bicyclic) bond motifs is 1. The fourth-order valence-electron chi connectivity index (χ4n) is 4.53. The van der Waals surface area contributed by atoms with Gasteiger partial charge in [0.25, 0.3) is 5.91 Å². The van der Waals surface area contributed by atoms with Crippen molar-refractivity contribution < 1.29 is 18.8 Å². The van der Waals surface area contributed by atoms with Gasteiger partial charge in [-0.05, 0) is 61.4 Å². The fourth-order valence-corrected chi connectivity index (χ4v) is 4.53. The molecule has 2 fully saturated rings. The molecule has 0 unspecified atom stereocenters. The molecule has 6 heteroatoms. The van der Waals surface area contributed by atoms with E-state index in [1.807, 2.05) is 56.3 Å². The molecular formula is C25H21FN2O3. The Hall–Kier alpha value is -3.51. The predicted molar refractivity (Wildman–Crippen MR) is 115 cm³/mol. The van der Waals surface area contributed by atoms with E-state index < -0.39 is 29.8 Å². The number of para-hydroxylation sites is 1. The third-order valence-corrected chi connectivity index (χ3v) is 5.95. The second-order valence-corrected chi connectivity index (χ2v) is 8.01. The first-order chi connectivity index (χ1) is 15.0. The molecule has 2 aliphatic rings. The minimum atomic E-state index is -0.941. The summed E-state index contributed by atoms with van der Waals surface area (Å²) in [6.45, 7) is 4.01. The minimum Gasteiger partial charge on any atom is -0.273 e. The molecule has 156 valence electrons. The average Bonchev–Trinajstić information content (AvgIpc) is 3.26. The molecule has 3 aromatic rings. The summed E-state index contributed by atoms with van der Waals surface area (Å²) in [6, 6.07) is 20.4. The van der Waals surface area contributed by atoms with Gasteiger partial charge in [-0.25, -0.2) is 14.4 Å². The molecule has 0 radical (unpaired) electrons. The number of carbonyl (C=O) groups is 2. The van der Waals surface area contributed by atoms with E-state index in [-0.39, 0.29) is 5.91 Å². The highest BCUT2D eigenvalue weighted by Crippen LogP contribution is 2.48. The topological polar surface area (TPSA) is 49.9 Å². The third kappa shape index (κ3) is 3.11. The molecule has 2 heterocycles. The van der Waals surface area contributed by atoms with Gasteiger partial charge in [-0.2, -0.15) is 0 Å². The summed E-state index contributed by atoms with van der Waals surface area (Å²) in [4.78, 5) is 34.0. The minimum absolute atomic E-state index is 0.343. The van der Waals surface area contributed by atoms with Crippen molar-refractivity contribution >= 4 is 23.2 Å². The zero-order valence-electron chi connectivity index (χ0n) is 17.2. The number of aryl methyl sites for hydroxylation is 2. The highest BCUT2D eigenvalue weighted by atomic mass is 19.1. The average molecular weight is 416 g/mol. The van der Waals surface area contributed by atoms with Crippen LogP contribution < -0.4 is 9.96 Å². The van der Waals surface area contributed by atoms with E-state index in [1.54, 1.807) is 5.06 Å². The number of hydrogen-bond acceptors (Lipinski definition) is 4. The maximum Gasteiger partial charge on any atom is 0.266 e. The number of anilines is 2. The number of hydrogen-bond donors (Lipinski definition) is 0. The van der Waals surface area contributed by atoms with Gasteiger partial charge in [-0.15, -0.1) is 0 Å². The highest BCUT2D eigenvalue weighted by Gasteiger charge is 2.60. The van der Waals surface area contributed by atoms with E-state index in [4.69, 9.17) is 4.84 Å². The van der Waals surface area contributed by atoms with E-state index >= 15 is 0 Å². The summed E-state index contributed by atoms with van der Waals surface area (Å²) in [5, 5.41) is 1.69. The molecule has 0 aliphatic carbocycles. The summed E-state index contributed by atoms with van der Waals surface area (Å²) in [7, 11) is 0. The molecule has 3 aromatic carbocycles. The van der Waals surface area contributed by atoms with Gasteiger partial charge in [0.05, 0.1) is 17.4 Å². The molecule has 0 saturated carbocycles. The summed E-state index contributed by atoms with van der Waals surface area (Å²) in [5.41, 5.74) is 4.19. The standard InChI is InChI=1S/C25H21FN2O3/c1-15-8-13-20(16(2)14-15)22-21-23(31-28(22)19-6-4-3-5-7-19)25(30)27(24(21)29)18-11-9-17(26)10-12-18/h3-14,21-23H,1-2H3/t21-,22+,23+/m0/s1. The maximum atomic E-state index is 13.5. The van der Waals surface area contributed by atoms with Crippen LogP contribution in [0.2, 0.25) is 0 Å². The van der Waals surface area contributed by atoms with Crippen molar-refractivity contribution in [1.29, 1.82) is 0 Å². The van der Waals surface area contributed by atoms with Crippen molar-refractivity contribution in [2.75, 3.05) is 9.96 Å². The lowest BCUT2D eigenvalue weighted by molar-refractivity contribution is -0.126. The normalized spacial score (nSPS) is 22.9. The molecule has 0 aromatic heterocycles. The van der Waals surface area contributed by atoms with Crippen LogP contribution in [-0.2, 0) is 14.4 Å². The lowest BCUT2D eigenvalue weighted by Gasteiger charge is -2.29. The van der Waals surface area contributed by atoms with Crippen LogP contribution in [0.25, 0.3) is 0 Å². The Morgan fingerprint density at radius 3 is 2.23 bits per heavy atom. The number of imide groups is 1. The number of hydroxylamine groups is 1. The van der Waals surface area contributed by atoms with Crippen LogP contribution in [0.5, 0.6) is 0 Å². The Labute approximate surface area is 179 Å². The summed E-state index contributed by atoms with van der Waals surface area (Å²) in [5.74, 6) is -1.92. The zero-order valence-corrected chi connectivity index (χ0v) is 17.2. The molecule has 5 rings (SSSR count). The maximum absolute atomic E-state index is 13.5. The zero-order chi connectivity index (χ0) is 21.7. The fraction of sp³-hybridized carbons (Fsp3) is 0.200. The lowest BCUT2D eigenvalue weighted by atomic mass is 9.87. The molecule has 0 N–H and O–H groups in total. The largest absolute Gasteiger partial charge is 0.273 e. The molecule has 2 aliphatic heterocycles. The van der Waals surface area contributed by atoms with Gasteiger partial charge < -0.3 is 0 Å². The van der Waals surface area contributed by atoms with E-state index in [2.05, 4.69) is 6.07 Å². The van der Waals surface area contributed by atoms with Crippen LogP contribution in [0, 0.1) is 25.6 Å². The molecule has 5 nitrogen and oxygen atoms in total. The molecular weight excluding hydrogens is 395 g/mol. The Morgan fingerprint density at radius 2 is 1.55 bits per heavy atom. The van der Waals surface area contributed by atoms with Crippen LogP contribution in [0.4, 0.5) is 15.8 Å². The van der Waals surface area contributed by atoms with Crippen LogP contribution in [0.15, 0.2) is 72.8 Å². The second kappa shape index (κ2) is 7.32. The highest BCUT2D eigenvalue weighted by molar-refractivity contribution is 6.23. The van der Waals surface area contributed by atoms with Gasteiger partial charge in [-0.1, -0.05) is 42.0 Å². The molecule has 3 atom stereocenters. The summed E-state index contributed by atoms with van der Waals surface area (Å²) in [6.07, 6.45) is -0.941. The molecule has 2 saturated heterocycles. The van der Waals surface area contributed by atoms with Crippen molar-refractivity contribution in [3.05, 3.63) is 95.3 Å². The Balaban J connectivity index is 1.61. The van der Waals surface area contributed by atoms with E-state index in [9.17, 15) is 14.0 Å². The van der Waals surface area contributed by atoms with Gasteiger partial charge in [0, 0.05) is 0 Å². The SMILES string of the molecule is Cc1ccc([C@@H]2[C@@H]3C(=O)N(c4ccc(F)cc4)C(=O)[C@@H]3ON2c2ccccc2)c(C)c1. The van der Waals surface area contributed by atoms with Gasteiger partial charge in [0.2, 0.25) is 5.91 Å². The van der Waals surface area contributed by atoms with Gasteiger partial charge in [-0.3, -0.25) is 14.4 Å². The first kappa shape index (κ1) is 19.5. The first-order valence-corrected chi connectivity index (χ1v) is 10.2. The molecule has 31 heavy (non-hydrogen) atoms. The van der Waals surface area contributed by atoms with E-state index in [1.165, 1.54) is 24.3 Å². The van der Waals surface area contributed by atoms with Crippen LogP contribution in [-0.4, -0.2) is 17.9 Å². The summed E-state index contributed by atoms with van der Waals surface area (Å²) >= 11 is 0. The lowest BCUT2D eigenvalue weighted by Crippen LogP contribution is -2.37. The Morgan fingerprint density at radius 1 is 0.839 bits per heavy atom. The van der Waals surface area contributed by atoms with Crippen molar-refractivity contribution in [2.45, 2.75) is 26.0 Å². The van der Waals surface area contributed by atoms with Crippen LogP contribution in [0.1, 0.15) is 22.7 Å². The Bertz CT molecular complexity index is 1160. The number of benzene rings is 3. The van der Waals surface area contributed by atoms with Crippen molar-refractivity contribution in [3.8, 4) is 0 Å². The van der Waals surface area contributed by atoms with Crippen LogP contribution >= 0.6 is 0 Å². The van der Waals surface area contributed by atoms with E-state index in [0.717, 1.165) is 27.3 Å². The van der Waals surface area contributed by atoms with Gasteiger partial charge >= 0.3 is 0 Å². The third-order valence-electron chi connectivity index (χ3n) is 5.95. The number of rotatable bonds is 3. The number of halogens is 1. The van der Waals surface area contributed by atoms with Crippen molar-refractivity contribution in [2.24, 2.45) is 5.92 Å². The monoisotopic (exact) mass is 416 g/mol.